The Balaban J connectivity index is 0.950. The molecule has 0 atom stereocenters. The van der Waals surface area contributed by atoms with E-state index >= 15 is 0 Å². The Morgan fingerprint density at radius 2 is 1.14 bits per heavy atom. The predicted molar refractivity (Wildman–Crippen MR) is 228 cm³/mol. The van der Waals surface area contributed by atoms with Gasteiger partial charge in [0.1, 0.15) is 22.7 Å². The normalized spacial score (nSPS) is 23.6. The van der Waals surface area contributed by atoms with Crippen LogP contribution in [-0.4, -0.2) is 0 Å². The first kappa shape index (κ1) is 30.1. The van der Waals surface area contributed by atoms with Crippen LogP contribution in [0.5, 0.6) is 11.5 Å². The Hall–Kier alpha value is -6.12. The van der Waals surface area contributed by atoms with E-state index in [1.165, 1.54) is 87.2 Å². The lowest BCUT2D eigenvalue weighted by atomic mass is 9.43. The van der Waals surface area contributed by atoms with Crippen LogP contribution in [0, 0.1) is 23.7 Å². The molecule has 56 heavy (non-hydrogen) atoms. The minimum Gasteiger partial charge on any atom is -0.456 e. The molecule has 8 aromatic carbocycles. The van der Waals surface area contributed by atoms with Gasteiger partial charge in [0.05, 0.1) is 0 Å². The zero-order valence-corrected chi connectivity index (χ0v) is 31.0. The number of ether oxygens (including phenoxy) is 1. The fraction of sp³-hybridized carbons (Fsp3) is 0.185. The predicted octanol–water partition coefficient (Wildman–Crippen LogP) is 14.7. The van der Waals surface area contributed by atoms with Gasteiger partial charge in [0.15, 0.2) is 0 Å². The molecule has 1 aromatic heterocycles. The van der Waals surface area contributed by atoms with Crippen molar-refractivity contribution in [2.24, 2.45) is 23.7 Å². The minimum absolute atomic E-state index is 0.157. The van der Waals surface area contributed by atoms with Crippen LogP contribution < -0.4 is 4.74 Å². The summed E-state index contributed by atoms with van der Waals surface area (Å²) in [6, 6.07) is 54.2. The summed E-state index contributed by atoms with van der Waals surface area (Å²) in [6.45, 7) is 0. The average molecular weight is 719 g/mol. The molecule has 2 heteroatoms. The molecule has 0 saturated heterocycles. The highest BCUT2D eigenvalue weighted by Gasteiger charge is 2.61. The number of hydrogen-bond donors (Lipinski definition) is 0. The highest BCUT2D eigenvalue weighted by molar-refractivity contribution is 6.21. The second kappa shape index (κ2) is 10.6. The van der Waals surface area contributed by atoms with E-state index in [0.717, 1.165) is 68.1 Å². The first-order valence-corrected chi connectivity index (χ1v) is 20.7. The molecule has 266 valence electrons. The minimum atomic E-state index is 0.157. The number of hydrogen-bond acceptors (Lipinski definition) is 2. The monoisotopic (exact) mass is 718 g/mol. The van der Waals surface area contributed by atoms with Crippen LogP contribution >= 0.6 is 0 Å². The zero-order chi connectivity index (χ0) is 36.3. The lowest BCUT2D eigenvalue weighted by molar-refractivity contribution is -0.0399. The van der Waals surface area contributed by atoms with E-state index in [1.54, 1.807) is 11.1 Å². The van der Waals surface area contributed by atoms with Crippen LogP contribution in [-0.2, 0) is 5.41 Å². The first-order chi connectivity index (χ1) is 27.7. The fourth-order valence-corrected chi connectivity index (χ4v) is 13.3. The fourth-order valence-electron chi connectivity index (χ4n) is 13.3. The number of benzene rings is 8. The van der Waals surface area contributed by atoms with Crippen molar-refractivity contribution >= 4 is 43.5 Å². The van der Waals surface area contributed by atoms with Crippen molar-refractivity contribution in [2.45, 2.75) is 37.5 Å². The quantitative estimate of drug-likeness (QED) is 0.178. The number of rotatable bonds is 2. The van der Waals surface area contributed by atoms with Gasteiger partial charge in [-0.2, -0.15) is 0 Å². The summed E-state index contributed by atoms with van der Waals surface area (Å²) in [7, 11) is 0. The average Bonchev–Trinajstić information content (AvgIpc) is 3.77. The van der Waals surface area contributed by atoms with Crippen LogP contribution in [0.25, 0.3) is 88.0 Å². The summed E-state index contributed by atoms with van der Waals surface area (Å²) < 4.78 is 13.4. The maximum Gasteiger partial charge on any atom is 0.143 e. The van der Waals surface area contributed by atoms with Gasteiger partial charge in [-0.1, -0.05) is 115 Å². The highest BCUT2D eigenvalue weighted by atomic mass is 16.5. The van der Waals surface area contributed by atoms with Gasteiger partial charge in [-0.15, -0.1) is 0 Å². The van der Waals surface area contributed by atoms with Crippen LogP contribution in [0.3, 0.4) is 0 Å². The summed E-state index contributed by atoms with van der Waals surface area (Å²) >= 11 is 0. The summed E-state index contributed by atoms with van der Waals surface area (Å²) in [5.74, 6) is 5.20. The van der Waals surface area contributed by atoms with E-state index in [9.17, 15) is 0 Å². The second-order valence-electron chi connectivity index (χ2n) is 17.5. The molecule has 1 aliphatic heterocycles. The topological polar surface area (TPSA) is 22.4 Å². The van der Waals surface area contributed by atoms with Gasteiger partial charge in [-0.25, -0.2) is 0 Å². The summed E-state index contributed by atoms with van der Waals surface area (Å²) in [6.07, 6.45) is 7.06. The summed E-state index contributed by atoms with van der Waals surface area (Å²) in [4.78, 5) is 0. The molecular formula is C54H38O2. The maximum atomic E-state index is 6.81. The van der Waals surface area contributed by atoms with Crippen molar-refractivity contribution in [2.75, 3.05) is 0 Å². The van der Waals surface area contributed by atoms with Gasteiger partial charge in [-0.3, -0.25) is 0 Å². The molecule has 15 rings (SSSR count). The van der Waals surface area contributed by atoms with Gasteiger partial charge in [0, 0.05) is 32.5 Å². The molecule has 0 radical (unpaired) electrons. The Morgan fingerprint density at radius 1 is 0.446 bits per heavy atom. The van der Waals surface area contributed by atoms with Crippen molar-refractivity contribution in [1.29, 1.82) is 0 Å². The number of furan rings is 1. The lowest BCUT2D eigenvalue weighted by Crippen LogP contribution is -2.55. The lowest BCUT2D eigenvalue weighted by Gasteiger charge is -2.61. The third-order valence-electron chi connectivity index (χ3n) is 15.1. The van der Waals surface area contributed by atoms with Crippen molar-refractivity contribution in [3.63, 3.8) is 0 Å². The summed E-state index contributed by atoms with van der Waals surface area (Å²) in [5.41, 5.74) is 15.5. The largest absolute Gasteiger partial charge is 0.456 e. The van der Waals surface area contributed by atoms with Crippen LogP contribution in [0.2, 0.25) is 0 Å². The molecule has 2 nitrogen and oxygen atoms in total. The summed E-state index contributed by atoms with van der Waals surface area (Å²) in [5, 5.41) is 7.00. The third kappa shape index (κ3) is 3.69. The van der Waals surface area contributed by atoms with Crippen LogP contribution in [0.4, 0.5) is 0 Å². The Bertz CT molecular complexity index is 3170. The SMILES string of the molecule is c1ccc2c(c1)-c1c(-c3ccc4c(c3)-c3cccc5c(-c6cccc7oc8c9ccccc9ccc8c67)ccc(c35)O4)cccc1C21C2CC3CC(C2)CC1C3. The standard InChI is InChI=1S/C54H38O2/c1-2-9-37-32(8-1)18-20-43-52-40(14-7-17-48(52)56-53(37)43)38-21-23-49-51-39(38)12-5-13-41(51)44-29-33(19-22-47(44)55-49)36-11-6-16-46-50(36)42-10-3-4-15-45(42)54(46)34-25-30-24-31(27-34)28-35(54)26-30/h1-23,29-31,34-35H,24-28H2. The van der Waals surface area contributed by atoms with E-state index in [4.69, 9.17) is 9.15 Å². The molecule has 0 N–H and O–H groups in total. The van der Waals surface area contributed by atoms with E-state index < -0.39 is 0 Å². The molecular weight excluding hydrogens is 681 g/mol. The molecule has 1 spiro atoms. The Morgan fingerprint density at radius 3 is 2.04 bits per heavy atom. The van der Waals surface area contributed by atoms with E-state index in [0.29, 0.717) is 0 Å². The molecule has 0 amide bonds. The van der Waals surface area contributed by atoms with E-state index in [1.807, 2.05) is 0 Å². The molecule has 0 unspecified atom stereocenters. The van der Waals surface area contributed by atoms with Gasteiger partial charge >= 0.3 is 0 Å². The van der Waals surface area contributed by atoms with Crippen molar-refractivity contribution < 1.29 is 9.15 Å². The van der Waals surface area contributed by atoms with Gasteiger partial charge < -0.3 is 9.15 Å². The molecule has 4 bridgehead atoms. The first-order valence-electron chi connectivity index (χ1n) is 20.7. The number of fused-ring (bicyclic) bond motifs is 10. The Labute approximate surface area is 325 Å². The molecule has 4 fully saturated rings. The molecule has 2 heterocycles. The van der Waals surface area contributed by atoms with Crippen molar-refractivity contribution in [1.82, 2.24) is 0 Å². The smallest absolute Gasteiger partial charge is 0.143 e. The highest BCUT2D eigenvalue weighted by Crippen LogP contribution is 2.70. The van der Waals surface area contributed by atoms with Crippen molar-refractivity contribution in [3.05, 3.63) is 157 Å². The van der Waals surface area contributed by atoms with Gasteiger partial charge in [0.25, 0.3) is 0 Å². The maximum absolute atomic E-state index is 6.81. The van der Waals surface area contributed by atoms with Gasteiger partial charge in [0.2, 0.25) is 0 Å². The second-order valence-corrected chi connectivity index (χ2v) is 17.5. The van der Waals surface area contributed by atoms with E-state index in [-0.39, 0.29) is 5.41 Å². The zero-order valence-electron chi connectivity index (χ0n) is 31.0. The molecule has 6 aliphatic rings. The molecule has 9 aromatic rings. The molecule has 5 aliphatic carbocycles. The van der Waals surface area contributed by atoms with Crippen molar-refractivity contribution in [3.8, 4) is 56.0 Å². The van der Waals surface area contributed by atoms with E-state index in [2.05, 4.69) is 146 Å². The van der Waals surface area contributed by atoms with Gasteiger partial charge in [-0.05, 0) is 147 Å². The van der Waals surface area contributed by atoms with Crippen LogP contribution in [0.15, 0.2) is 150 Å². The van der Waals surface area contributed by atoms with Crippen LogP contribution in [0.1, 0.15) is 43.2 Å². The molecule has 4 saturated carbocycles. The third-order valence-corrected chi connectivity index (χ3v) is 15.1. The Kier molecular flexibility index (Phi) is 5.70.